The van der Waals surface area contributed by atoms with Crippen LogP contribution in [-0.2, 0) is 9.59 Å². The molecule has 1 N–H and O–H groups in total. The van der Waals surface area contributed by atoms with Crippen molar-refractivity contribution in [3.8, 4) is 0 Å². The number of nitrogens with one attached hydrogen (secondary N) is 1. The first kappa shape index (κ1) is 30.5. The van der Waals surface area contributed by atoms with Gasteiger partial charge in [0.05, 0.1) is 12.0 Å². The van der Waals surface area contributed by atoms with E-state index in [-0.39, 0.29) is 35.5 Å². The molecule has 1 amide bonds. The summed E-state index contributed by atoms with van der Waals surface area (Å²) in [5.74, 6) is -0.639. The maximum absolute atomic E-state index is 11.8. The predicted octanol–water partition coefficient (Wildman–Crippen LogP) is 1.85. The van der Waals surface area contributed by atoms with Gasteiger partial charge in [-0.3, -0.25) is 4.79 Å². The minimum atomic E-state index is -1.18. The van der Waals surface area contributed by atoms with Crippen LogP contribution in [0.25, 0.3) is 0 Å². The molecule has 0 aliphatic carbocycles. The number of unbranched alkanes of at least 4 members (excludes halogenated alkanes) is 13. The van der Waals surface area contributed by atoms with E-state index in [1.807, 2.05) is 6.26 Å². The second-order valence-electron chi connectivity index (χ2n) is 7.57. The third-order valence-electron chi connectivity index (χ3n) is 4.99. The van der Waals surface area contributed by atoms with E-state index in [0.717, 1.165) is 12.8 Å². The van der Waals surface area contributed by atoms with Crippen molar-refractivity contribution in [3.63, 3.8) is 0 Å². The van der Waals surface area contributed by atoms with Crippen molar-refractivity contribution in [2.45, 2.75) is 116 Å². The number of hydrogen-bond donors (Lipinski definition) is 1. The summed E-state index contributed by atoms with van der Waals surface area (Å²) in [6.45, 7) is 2.26. The van der Waals surface area contributed by atoms with Crippen LogP contribution >= 0.6 is 11.8 Å². The Hall–Kier alpha value is 0.290. The number of rotatable bonds is 20. The summed E-state index contributed by atoms with van der Waals surface area (Å²) in [5.41, 5.74) is 0. The van der Waals surface area contributed by atoms with Gasteiger partial charge in [-0.1, -0.05) is 90.4 Å². The average molecular weight is 424 g/mol. The van der Waals surface area contributed by atoms with E-state index in [1.54, 1.807) is 11.8 Å². The first-order chi connectivity index (χ1) is 13.1. The number of carboxylic acids is 1. The monoisotopic (exact) mass is 423 g/mol. The molecule has 0 bridgehead atoms. The Bertz CT molecular complexity index is 370. The van der Waals surface area contributed by atoms with E-state index in [9.17, 15) is 14.7 Å². The molecule has 160 valence electrons. The van der Waals surface area contributed by atoms with E-state index in [0.29, 0.717) is 18.6 Å². The average Bonchev–Trinajstić information content (AvgIpc) is 2.65. The third kappa shape index (κ3) is 21.0. The van der Waals surface area contributed by atoms with Gasteiger partial charge in [0.25, 0.3) is 0 Å². The number of carbonyl (C=O) groups is 2. The van der Waals surface area contributed by atoms with E-state index < -0.39 is 12.0 Å². The molecule has 4 nitrogen and oxygen atoms in total. The Kier molecular flexibility index (Phi) is 25.7. The molecule has 0 rings (SSSR count). The number of carbonyl (C=O) groups excluding carboxylic acids is 2. The molecular formula is C22H42NNaO3S. The third-order valence-corrected chi connectivity index (χ3v) is 5.63. The molecule has 0 aliphatic heterocycles. The molecule has 0 spiro atoms. The van der Waals surface area contributed by atoms with Crippen molar-refractivity contribution in [2.24, 2.45) is 0 Å². The maximum atomic E-state index is 11.8. The van der Waals surface area contributed by atoms with Gasteiger partial charge in [-0.05, 0) is 24.9 Å². The van der Waals surface area contributed by atoms with Crippen LogP contribution in [0.5, 0.6) is 0 Å². The van der Waals surface area contributed by atoms with Crippen LogP contribution in [0.2, 0.25) is 0 Å². The standard InChI is InChI=1S/C22H43NO3S.Na/c1-3-4-5-6-7-8-9-10-11-12-13-14-15-16-17-21(24)23-20(22(25)26)18-19-27-2;/h20H,3-19H2,1-2H3,(H,23,24)(H,25,26);/q;+1/p-1/t20-;/m0./s1. The zero-order valence-electron chi connectivity index (χ0n) is 18.7. The van der Waals surface area contributed by atoms with Crippen molar-refractivity contribution < 1.29 is 44.3 Å². The molecule has 6 heteroatoms. The van der Waals surface area contributed by atoms with Crippen LogP contribution in [0, 0.1) is 0 Å². The van der Waals surface area contributed by atoms with Crippen LogP contribution < -0.4 is 40.0 Å². The van der Waals surface area contributed by atoms with E-state index in [1.165, 1.54) is 77.0 Å². The molecule has 0 aromatic heterocycles. The zero-order chi connectivity index (χ0) is 20.2. The Balaban J connectivity index is 0. The van der Waals surface area contributed by atoms with Crippen LogP contribution in [0.3, 0.4) is 0 Å². The van der Waals surface area contributed by atoms with Gasteiger partial charge in [-0.2, -0.15) is 11.8 Å². The van der Waals surface area contributed by atoms with Gasteiger partial charge in [0, 0.05) is 6.42 Å². The zero-order valence-corrected chi connectivity index (χ0v) is 21.5. The fraction of sp³-hybridized carbons (Fsp3) is 0.909. The van der Waals surface area contributed by atoms with Gasteiger partial charge in [0.2, 0.25) is 5.91 Å². The Morgan fingerprint density at radius 2 is 1.25 bits per heavy atom. The fourth-order valence-electron chi connectivity index (χ4n) is 3.23. The molecule has 28 heavy (non-hydrogen) atoms. The minimum absolute atomic E-state index is 0. The molecule has 0 heterocycles. The molecule has 0 unspecified atom stereocenters. The number of aliphatic carboxylic acids is 1. The van der Waals surface area contributed by atoms with E-state index >= 15 is 0 Å². The first-order valence-electron chi connectivity index (χ1n) is 11.1. The number of amides is 1. The molecule has 0 aliphatic rings. The molecule has 0 radical (unpaired) electrons. The largest absolute Gasteiger partial charge is 1.00 e. The predicted molar refractivity (Wildman–Crippen MR) is 115 cm³/mol. The van der Waals surface area contributed by atoms with Crippen LogP contribution in [0.15, 0.2) is 0 Å². The van der Waals surface area contributed by atoms with Crippen LogP contribution in [0.4, 0.5) is 0 Å². The first-order valence-corrected chi connectivity index (χ1v) is 12.5. The minimum Gasteiger partial charge on any atom is -0.548 e. The summed E-state index contributed by atoms with van der Waals surface area (Å²) in [7, 11) is 0. The topological polar surface area (TPSA) is 69.2 Å². The summed E-state index contributed by atoms with van der Waals surface area (Å²) in [5, 5.41) is 13.6. The number of carboxylic acid groups (broad SMARTS) is 1. The molecule has 0 saturated carbocycles. The molecular weight excluding hydrogens is 381 g/mol. The normalized spacial score (nSPS) is 11.6. The molecule has 0 fully saturated rings. The number of hydrogen-bond acceptors (Lipinski definition) is 4. The van der Waals surface area contributed by atoms with Crippen LogP contribution in [0.1, 0.15) is 110 Å². The summed E-state index contributed by atoms with van der Waals surface area (Å²) in [6.07, 6.45) is 20.7. The van der Waals surface area contributed by atoms with Gasteiger partial charge in [-0.25, -0.2) is 0 Å². The summed E-state index contributed by atoms with van der Waals surface area (Å²) >= 11 is 1.57. The van der Waals surface area contributed by atoms with Gasteiger partial charge in [0.15, 0.2) is 0 Å². The van der Waals surface area contributed by atoms with E-state index in [2.05, 4.69) is 12.2 Å². The smallest absolute Gasteiger partial charge is 0.548 e. The van der Waals surface area contributed by atoms with Gasteiger partial charge in [-0.15, -0.1) is 0 Å². The Morgan fingerprint density at radius 3 is 1.64 bits per heavy atom. The Labute approximate surface area is 200 Å². The second-order valence-corrected chi connectivity index (χ2v) is 8.55. The van der Waals surface area contributed by atoms with Crippen molar-refractivity contribution in [1.82, 2.24) is 5.32 Å². The van der Waals surface area contributed by atoms with Crippen molar-refractivity contribution in [3.05, 3.63) is 0 Å². The molecule has 1 atom stereocenters. The maximum Gasteiger partial charge on any atom is 1.00 e. The summed E-state index contributed by atoms with van der Waals surface area (Å²) in [6, 6.07) is -0.850. The molecule has 0 saturated heterocycles. The number of thioether (sulfide) groups is 1. The van der Waals surface area contributed by atoms with E-state index in [4.69, 9.17) is 0 Å². The van der Waals surface area contributed by atoms with Crippen molar-refractivity contribution in [2.75, 3.05) is 12.0 Å². The summed E-state index contributed by atoms with van der Waals surface area (Å²) < 4.78 is 0. The summed E-state index contributed by atoms with van der Waals surface area (Å²) in [4.78, 5) is 22.8. The fourth-order valence-corrected chi connectivity index (χ4v) is 3.70. The van der Waals surface area contributed by atoms with Gasteiger partial charge in [0.1, 0.15) is 0 Å². The van der Waals surface area contributed by atoms with Gasteiger partial charge >= 0.3 is 29.6 Å². The van der Waals surface area contributed by atoms with Crippen molar-refractivity contribution in [1.29, 1.82) is 0 Å². The molecule has 0 aromatic rings. The van der Waals surface area contributed by atoms with Crippen LogP contribution in [-0.4, -0.2) is 29.9 Å². The molecule has 0 aromatic carbocycles. The van der Waals surface area contributed by atoms with Crippen molar-refractivity contribution >= 4 is 23.6 Å². The SMILES string of the molecule is CCCCCCCCCCCCCCCCC(=O)N[C@@H](CCSC)C(=O)[O-].[Na+]. The Morgan fingerprint density at radius 1 is 0.821 bits per heavy atom. The van der Waals surface area contributed by atoms with Gasteiger partial charge < -0.3 is 15.2 Å². The quantitative estimate of drug-likeness (QED) is 0.240. The second kappa shape index (κ2) is 23.6.